The van der Waals surface area contributed by atoms with E-state index in [0.717, 1.165) is 61.2 Å². The van der Waals surface area contributed by atoms with Gasteiger partial charge < -0.3 is 13.7 Å². The lowest BCUT2D eigenvalue weighted by molar-refractivity contribution is 0.270. The van der Waals surface area contributed by atoms with Gasteiger partial charge in [0, 0.05) is 66.5 Å². The number of furan rings is 1. The summed E-state index contributed by atoms with van der Waals surface area (Å²) in [4.78, 5) is 14.8. The standard InChI is InChI=1S/C51H32N4O2/c1-3-13-31(14-4-1)49-52-50(32-15-5-2-6-16-32)54-51(53-49)33-25-28-45-42(29-33)41-22-12-21-40(48(41)56-45)39-20-11-19-38-37-27-26-34(30-46(37)57-47(38)39)55-43-23-9-7-17-35(43)36-18-8-10-24-44(36)55/h1-30,37,46H. The van der Waals surface area contributed by atoms with Crippen molar-refractivity contribution in [2.45, 2.75) is 12.0 Å². The van der Waals surface area contributed by atoms with Gasteiger partial charge in [0.15, 0.2) is 17.5 Å². The lowest BCUT2D eigenvalue weighted by Gasteiger charge is -2.20. The molecule has 6 heteroatoms. The summed E-state index contributed by atoms with van der Waals surface area (Å²) in [6.07, 6.45) is 6.70. The first-order valence-corrected chi connectivity index (χ1v) is 19.3. The second kappa shape index (κ2) is 12.5. The van der Waals surface area contributed by atoms with Gasteiger partial charge in [0.2, 0.25) is 0 Å². The van der Waals surface area contributed by atoms with Crippen LogP contribution in [0.5, 0.6) is 5.75 Å². The molecule has 3 aromatic heterocycles. The Hall–Kier alpha value is -7.57. The molecule has 2 atom stereocenters. The van der Waals surface area contributed by atoms with Gasteiger partial charge >= 0.3 is 0 Å². The Morgan fingerprint density at radius 1 is 0.491 bits per heavy atom. The van der Waals surface area contributed by atoms with Crippen LogP contribution in [0.25, 0.3) is 94.7 Å². The Kier molecular flexibility index (Phi) is 6.95. The van der Waals surface area contributed by atoms with Crippen LogP contribution in [0.3, 0.4) is 0 Å². The minimum atomic E-state index is -0.138. The SMILES string of the molecule is C1=CC2c3cccc(-c4cccc5c4oc4ccc(-c6nc(-c7ccccc7)nc(-c7ccccc7)n6)cc45)c3OC2C=C1n1c2ccccc2c2ccccc21. The van der Waals surface area contributed by atoms with Gasteiger partial charge in [0.25, 0.3) is 0 Å². The number of allylic oxidation sites excluding steroid dienone is 2. The number of benzene rings is 7. The molecule has 2 unspecified atom stereocenters. The zero-order chi connectivity index (χ0) is 37.5. The maximum Gasteiger partial charge on any atom is 0.164 e. The molecular formula is C51H32N4O2. The molecule has 0 N–H and O–H groups in total. The zero-order valence-corrected chi connectivity index (χ0v) is 30.6. The highest BCUT2D eigenvalue weighted by molar-refractivity contribution is 6.12. The molecule has 0 saturated heterocycles. The predicted molar refractivity (Wildman–Crippen MR) is 229 cm³/mol. The van der Waals surface area contributed by atoms with Gasteiger partial charge in [-0.25, -0.2) is 15.0 Å². The number of para-hydroxylation sites is 4. The molecule has 0 spiro atoms. The average molecular weight is 733 g/mol. The third kappa shape index (κ3) is 5.00. The van der Waals surface area contributed by atoms with E-state index in [0.29, 0.717) is 17.5 Å². The Morgan fingerprint density at radius 2 is 1.09 bits per heavy atom. The molecule has 2 aliphatic rings. The number of nitrogens with zero attached hydrogens (tertiary/aromatic N) is 4. The first-order valence-electron chi connectivity index (χ1n) is 19.3. The number of hydrogen-bond acceptors (Lipinski definition) is 5. The first-order chi connectivity index (χ1) is 28.2. The molecule has 1 aliphatic carbocycles. The van der Waals surface area contributed by atoms with Gasteiger partial charge in [-0.3, -0.25) is 0 Å². The van der Waals surface area contributed by atoms with Gasteiger partial charge in [0.1, 0.15) is 23.0 Å². The smallest absolute Gasteiger partial charge is 0.164 e. The van der Waals surface area contributed by atoms with Gasteiger partial charge in [-0.1, -0.05) is 140 Å². The van der Waals surface area contributed by atoms with E-state index in [1.54, 1.807) is 0 Å². The molecule has 10 aromatic rings. The molecule has 4 heterocycles. The summed E-state index contributed by atoms with van der Waals surface area (Å²) in [6, 6.07) is 56.4. The molecule has 1 aliphatic heterocycles. The lowest BCUT2D eigenvalue weighted by Crippen LogP contribution is -2.18. The van der Waals surface area contributed by atoms with E-state index < -0.39 is 0 Å². The van der Waals surface area contributed by atoms with Crippen molar-refractivity contribution in [3.05, 3.63) is 188 Å². The third-order valence-electron chi connectivity index (χ3n) is 11.4. The highest BCUT2D eigenvalue weighted by Crippen LogP contribution is 2.50. The Balaban J connectivity index is 0.944. The van der Waals surface area contributed by atoms with Crippen molar-refractivity contribution in [2.75, 3.05) is 0 Å². The number of ether oxygens (including phenoxy) is 1. The second-order valence-electron chi connectivity index (χ2n) is 14.7. The fourth-order valence-corrected chi connectivity index (χ4v) is 8.76. The molecule has 0 amide bonds. The molecule has 0 fully saturated rings. The quantitative estimate of drug-likeness (QED) is 0.176. The summed E-state index contributed by atoms with van der Waals surface area (Å²) in [7, 11) is 0. The summed E-state index contributed by atoms with van der Waals surface area (Å²) >= 11 is 0. The van der Waals surface area contributed by atoms with Crippen LogP contribution in [-0.2, 0) is 0 Å². The molecule has 12 rings (SSSR count). The summed E-state index contributed by atoms with van der Waals surface area (Å²) in [6.45, 7) is 0. The van der Waals surface area contributed by atoms with Gasteiger partial charge in [-0.05, 0) is 42.5 Å². The normalized spacial score (nSPS) is 15.9. The summed E-state index contributed by atoms with van der Waals surface area (Å²) < 4.78 is 16.0. The van der Waals surface area contributed by atoms with E-state index in [4.69, 9.17) is 24.1 Å². The lowest BCUT2D eigenvalue weighted by atomic mass is 9.89. The highest BCUT2D eigenvalue weighted by atomic mass is 16.5. The topological polar surface area (TPSA) is 66.0 Å². The first kappa shape index (κ1) is 31.7. The fraction of sp³-hybridized carbons (Fsp3) is 0.0392. The molecule has 268 valence electrons. The number of fused-ring (bicyclic) bond motifs is 9. The van der Waals surface area contributed by atoms with Gasteiger partial charge in [-0.15, -0.1) is 0 Å². The van der Waals surface area contributed by atoms with Crippen LogP contribution in [0.15, 0.2) is 186 Å². The van der Waals surface area contributed by atoms with E-state index >= 15 is 0 Å². The largest absolute Gasteiger partial charge is 0.484 e. The van der Waals surface area contributed by atoms with Crippen molar-refractivity contribution in [2.24, 2.45) is 0 Å². The Bertz CT molecular complexity index is 3180. The number of rotatable bonds is 5. The van der Waals surface area contributed by atoms with Crippen molar-refractivity contribution in [1.82, 2.24) is 19.5 Å². The van der Waals surface area contributed by atoms with E-state index in [9.17, 15) is 0 Å². The van der Waals surface area contributed by atoms with E-state index in [2.05, 4.69) is 114 Å². The van der Waals surface area contributed by atoms with Crippen LogP contribution in [0, 0.1) is 0 Å². The summed E-state index contributed by atoms with van der Waals surface area (Å²) in [5, 5.41) is 4.51. The monoisotopic (exact) mass is 732 g/mol. The van der Waals surface area contributed by atoms with Gasteiger partial charge in [-0.2, -0.15) is 0 Å². The highest BCUT2D eigenvalue weighted by Gasteiger charge is 2.36. The predicted octanol–water partition coefficient (Wildman–Crippen LogP) is 12.5. The minimum Gasteiger partial charge on any atom is -0.484 e. The number of hydrogen-bond donors (Lipinski definition) is 0. The summed E-state index contributed by atoms with van der Waals surface area (Å²) in [5.74, 6) is 2.87. The number of aromatic nitrogens is 4. The zero-order valence-electron chi connectivity index (χ0n) is 30.6. The van der Waals surface area contributed by atoms with Crippen molar-refractivity contribution in [1.29, 1.82) is 0 Å². The maximum atomic E-state index is 6.94. The molecule has 0 radical (unpaired) electrons. The van der Waals surface area contributed by atoms with Crippen LogP contribution in [-0.4, -0.2) is 25.6 Å². The molecule has 0 bridgehead atoms. The fourth-order valence-electron chi connectivity index (χ4n) is 8.76. The Labute approximate surface area is 327 Å². The average Bonchev–Trinajstić information content (AvgIpc) is 3.96. The van der Waals surface area contributed by atoms with Crippen molar-refractivity contribution in [3.63, 3.8) is 0 Å². The van der Waals surface area contributed by atoms with Crippen LogP contribution in [0.1, 0.15) is 11.5 Å². The van der Waals surface area contributed by atoms with E-state index in [1.807, 2.05) is 72.8 Å². The maximum absolute atomic E-state index is 6.94. The second-order valence-corrected chi connectivity index (χ2v) is 14.7. The van der Waals surface area contributed by atoms with Crippen molar-refractivity contribution >= 4 is 49.4 Å². The molecule has 0 saturated carbocycles. The van der Waals surface area contributed by atoms with E-state index in [1.165, 1.54) is 27.4 Å². The molecular weight excluding hydrogens is 701 g/mol. The molecule has 7 aromatic carbocycles. The third-order valence-corrected chi connectivity index (χ3v) is 11.4. The van der Waals surface area contributed by atoms with Crippen LogP contribution in [0.4, 0.5) is 0 Å². The van der Waals surface area contributed by atoms with Crippen LogP contribution in [0.2, 0.25) is 0 Å². The minimum absolute atomic E-state index is 0.108. The van der Waals surface area contributed by atoms with Crippen LogP contribution < -0.4 is 4.74 Å². The van der Waals surface area contributed by atoms with Crippen LogP contribution >= 0.6 is 0 Å². The van der Waals surface area contributed by atoms with E-state index in [-0.39, 0.29) is 12.0 Å². The van der Waals surface area contributed by atoms with Gasteiger partial charge in [0.05, 0.1) is 11.0 Å². The van der Waals surface area contributed by atoms with Crippen molar-refractivity contribution in [3.8, 4) is 51.0 Å². The summed E-state index contributed by atoms with van der Waals surface area (Å²) in [5.41, 5.74) is 11.1. The van der Waals surface area contributed by atoms with Crippen molar-refractivity contribution < 1.29 is 9.15 Å². The molecule has 57 heavy (non-hydrogen) atoms. The Morgan fingerprint density at radius 3 is 1.79 bits per heavy atom. The molecule has 6 nitrogen and oxygen atoms in total.